The molecule has 672 valence electrons. The monoisotopic (exact) mass is 1820 g/mol. The first kappa shape index (κ1) is 87.6. The molecule has 46 heteroatoms. The van der Waals surface area contributed by atoms with Crippen LogP contribution in [0, 0.1) is 33.5 Å². The first-order valence-electron chi connectivity index (χ1n) is 40.6. The van der Waals surface area contributed by atoms with Crippen molar-refractivity contribution >= 4 is 151 Å². The van der Waals surface area contributed by atoms with E-state index < -0.39 is 5.82 Å². The number of anilines is 7. The number of nitrogens with one attached hydrogen (secondary N) is 3. The number of fused-ring (bicyclic) bond motifs is 9. The fourth-order valence-electron chi connectivity index (χ4n) is 15.4. The average Bonchev–Trinajstić information content (AvgIpc) is 1.64. The zero-order valence-electron chi connectivity index (χ0n) is 73.6. The van der Waals surface area contributed by atoms with Crippen molar-refractivity contribution in [2.45, 2.75) is 27.7 Å². The van der Waals surface area contributed by atoms with Gasteiger partial charge in [-0.25, -0.2) is 107 Å². The van der Waals surface area contributed by atoms with Gasteiger partial charge >= 0.3 is 0 Å². The Labute approximate surface area is 761 Å². The molecular weight excluding hydrogens is 1730 g/mol. The van der Waals surface area contributed by atoms with Crippen LogP contribution in [0.5, 0.6) is 17.2 Å². The second-order valence-electron chi connectivity index (χ2n) is 30.5. The molecule has 0 fully saturated rings. The Hall–Kier alpha value is -18.5. The molecule has 0 saturated carbocycles. The summed E-state index contributed by atoms with van der Waals surface area (Å²) in [5.41, 5.74) is 63.2. The predicted octanol–water partition coefficient (Wildman–Crippen LogP) is 11.2. The number of benzene rings is 6. The minimum atomic E-state index is -0.409. The van der Waals surface area contributed by atoms with Gasteiger partial charge in [-0.15, -0.1) is 0 Å². The zero-order valence-corrected chi connectivity index (χ0v) is 74.4. The Morgan fingerprint density at radius 2 is 0.739 bits per heavy atom. The number of H-pyrrole nitrogens is 3. The third-order valence-corrected chi connectivity index (χ3v) is 21.9. The molecule has 17 aromatic heterocycles. The number of aryl methyl sites for hydroxylation is 11. The van der Waals surface area contributed by atoms with Crippen LogP contribution in [0.4, 0.5) is 45.1 Å². The summed E-state index contributed by atoms with van der Waals surface area (Å²) < 4.78 is 30.4. The molecule has 0 aliphatic heterocycles. The molecule has 44 nitrogen and oxygen atoms in total. The first-order chi connectivity index (χ1) is 64.5. The molecule has 0 amide bonds. The van der Waals surface area contributed by atoms with Gasteiger partial charge in [-0.05, 0) is 100 Å². The van der Waals surface area contributed by atoms with Crippen LogP contribution in [0.15, 0.2) is 172 Å². The molecule has 0 radical (unpaired) electrons. The van der Waals surface area contributed by atoms with Crippen LogP contribution in [-0.4, -0.2) is 186 Å². The lowest BCUT2D eigenvalue weighted by Crippen LogP contribution is -1.95. The third kappa shape index (κ3) is 16.8. The van der Waals surface area contributed by atoms with E-state index in [2.05, 4.69) is 155 Å². The summed E-state index contributed by atoms with van der Waals surface area (Å²) in [5.74, 6) is 3.08. The van der Waals surface area contributed by atoms with E-state index in [1.54, 1.807) is 103 Å². The number of rotatable bonds is 8. The maximum atomic E-state index is 13.6. The highest BCUT2D eigenvalue weighted by molar-refractivity contribution is 6.31. The van der Waals surface area contributed by atoms with Gasteiger partial charge in [-0.1, -0.05) is 59.6 Å². The van der Waals surface area contributed by atoms with Gasteiger partial charge in [-0.3, -0.25) is 15.3 Å². The molecule has 0 aliphatic rings. The van der Waals surface area contributed by atoms with E-state index in [0.717, 1.165) is 133 Å². The van der Waals surface area contributed by atoms with E-state index in [-0.39, 0.29) is 11.5 Å². The topological polar surface area (TPSA) is 623 Å². The minimum Gasteiger partial charge on any atom is -0.508 e. The van der Waals surface area contributed by atoms with E-state index in [9.17, 15) is 14.6 Å². The van der Waals surface area contributed by atoms with Gasteiger partial charge in [0.1, 0.15) is 148 Å². The molecule has 134 heavy (non-hydrogen) atoms. The Morgan fingerprint density at radius 1 is 0.351 bits per heavy atom. The lowest BCUT2D eigenvalue weighted by Gasteiger charge is -2.04. The standard InChI is InChI=1S/C14H13N7.C13H12FN5O.C13H11N7.C13H13N5.C12H10ClN5O.C12H11N5O.C11H13N7/c1-7-9-4-3-8(5-10(9)19-18-7)12-11-13(15)16-6-17-14(11)21(2)20-12;1-19-13-10(12(15)16-6-17-13)11(18-19)7-3-8(14)5-9(4-7)20-2;1-20-13-10(12(14)15-6-16-13)11(19-20)7-3-2-4-9-8(7)5-17-18-9;1-8-4-3-5-9(6-8)11-10-12(14)15-7-16-13(10)18(2)17-11;1-18-12-9(11(14)15-5-16-12)10(17-18)6-2-7(13)4-8(19)3-6;1-17-12-9(11(13)14-6-15-12)10(16-17)7-2-4-8(18)5-3-7;1-5-7(6(2)16-15-5)9-8-10(12)13-4-14-11(8)18(3)17-9/h3-6H,1-2H3,(H,18,19)(H2,15,16,17);3-6H,1-2H3,(H2,15,16,17);2-6H,1H3,(H,17,18)(H2,14,15,16);3-7H,1-2H3,(H2,14,15,16);2-5,19H,1H3,(H2,14,15,16);2-6,18H,1H3,(H2,13,14,15);4H,1-3H3,(H,15,16)(H2,12,13,14). The number of phenols is 2. The fourth-order valence-corrected chi connectivity index (χ4v) is 15.7. The van der Waals surface area contributed by atoms with Gasteiger partial charge in [0.15, 0.2) is 39.5 Å². The third-order valence-electron chi connectivity index (χ3n) is 21.6. The smallest absolute Gasteiger partial charge is 0.163 e. The number of aromatic amines is 3. The molecule has 0 aliphatic carbocycles. The quantitative estimate of drug-likeness (QED) is 0.0672. The number of phenolic OH excluding ortho intramolecular Hbond substituents is 2. The average molecular weight is 1820 g/mol. The molecule has 23 aromatic rings. The van der Waals surface area contributed by atoms with Crippen molar-refractivity contribution in [3.8, 4) is 96.1 Å². The molecule has 0 spiro atoms. The van der Waals surface area contributed by atoms with Gasteiger partial charge in [0.2, 0.25) is 0 Å². The summed E-state index contributed by atoms with van der Waals surface area (Å²) in [6.45, 7) is 7.93. The Morgan fingerprint density at radius 3 is 1.17 bits per heavy atom. The normalized spacial score (nSPS) is 11.2. The van der Waals surface area contributed by atoms with Crippen molar-refractivity contribution in [3.05, 3.63) is 205 Å². The van der Waals surface area contributed by atoms with Gasteiger partial charge in [0.25, 0.3) is 0 Å². The van der Waals surface area contributed by atoms with Gasteiger partial charge in [0.05, 0.1) is 67.7 Å². The number of halogens is 2. The molecule has 19 N–H and O–H groups in total. The highest BCUT2D eigenvalue weighted by Gasteiger charge is 2.25. The van der Waals surface area contributed by atoms with Crippen molar-refractivity contribution in [3.63, 3.8) is 0 Å². The Balaban J connectivity index is 0.000000109. The van der Waals surface area contributed by atoms with Gasteiger partial charge in [0, 0.05) is 122 Å². The van der Waals surface area contributed by atoms with E-state index in [1.807, 2.05) is 97.5 Å². The number of aromatic nitrogens is 34. The number of methoxy groups -OCH3 is 1. The Kier molecular flexibility index (Phi) is 23.5. The summed E-state index contributed by atoms with van der Waals surface area (Å²) in [6.07, 6.45) is 11.8. The van der Waals surface area contributed by atoms with Crippen molar-refractivity contribution in [1.82, 2.24) is 169 Å². The molecular formula is C88H83ClFN41O3. The van der Waals surface area contributed by atoms with Crippen LogP contribution < -0.4 is 44.9 Å². The number of nitrogens with zero attached hydrogens (tertiary/aromatic N) is 31. The zero-order chi connectivity index (χ0) is 94.4. The first-order valence-corrected chi connectivity index (χ1v) is 41.0. The van der Waals surface area contributed by atoms with Crippen LogP contribution >= 0.6 is 11.6 Å². The van der Waals surface area contributed by atoms with Crippen LogP contribution in [0.2, 0.25) is 5.02 Å². The van der Waals surface area contributed by atoms with Crippen LogP contribution in [-0.2, 0) is 49.3 Å². The van der Waals surface area contributed by atoms with Crippen LogP contribution in [0.3, 0.4) is 0 Å². The number of nitrogen functional groups attached to an aromatic ring is 7. The number of ether oxygens (including phenoxy) is 1. The molecule has 0 saturated heterocycles. The van der Waals surface area contributed by atoms with Crippen molar-refractivity contribution in [2.75, 3.05) is 47.2 Å². The second kappa shape index (κ2) is 36.0. The van der Waals surface area contributed by atoms with Crippen LogP contribution in [0.25, 0.3) is 178 Å². The lowest BCUT2D eigenvalue weighted by atomic mass is 10.1. The van der Waals surface area contributed by atoms with Crippen molar-refractivity contribution in [1.29, 1.82) is 0 Å². The maximum Gasteiger partial charge on any atom is 0.163 e. The summed E-state index contributed by atoms with van der Waals surface area (Å²) in [5, 5.41) is 79.1. The summed E-state index contributed by atoms with van der Waals surface area (Å²) in [7, 11) is 14.2. The van der Waals surface area contributed by atoms with Crippen molar-refractivity contribution < 1.29 is 19.3 Å². The lowest BCUT2D eigenvalue weighted by molar-refractivity contribution is 0.411. The highest BCUT2D eigenvalue weighted by Crippen LogP contribution is 2.40. The van der Waals surface area contributed by atoms with Gasteiger partial charge < -0.3 is 55.1 Å². The Bertz CT molecular complexity index is 8370. The van der Waals surface area contributed by atoms with E-state index in [4.69, 9.17) is 56.5 Å². The molecule has 0 atom stereocenters. The minimum absolute atomic E-state index is 0.0664. The van der Waals surface area contributed by atoms with E-state index >= 15 is 0 Å². The van der Waals surface area contributed by atoms with Crippen molar-refractivity contribution in [2.24, 2.45) is 49.3 Å². The fraction of sp³-hybridized carbons (Fsp3) is 0.136. The summed E-state index contributed by atoms with van der Waals surface area (Å²) in [6, 6.07) is 36.0. The molecule has 17 heterocycles. The SMILES string of the molecule is COc1cc(F)cc(-c2nn(C)c3ncnc(N)c23)c1.Cc1[nH]nc2cc(-c3nn(C)c4ncnc(N)c34)ccc12.Cc1cccc(-c2nn(C)c3ncnc(N)c23)c1.Cc1n[nH]c(C)c1-c1nn(C)c2ncnc(N)c12.Cn1nc(-c2cc(O)cc(Cl)c2)c2c(N)ncnc21.Cn1nc(-c2ccc(O)cc2)c2c(N)ncnc21.Cn1nc(-c2cccc3[nH]ncc23)c2c(N)ncnc21. The number of nitrogens with two attached hydrogens (primary N) is 7. The van der Waals surface area contributed by atoms with E-state index in [0.29, 0.717) is 113 Å². The van der Waals surface area contributed by atoms with Gasteiger partial charge in [-0.2, -0.15) is 51.0 Å². The maximum absolute atomic E-state index is 13.6. The summed E-state index contributed by atoms with van der Waals surface area (Å²) >= 11 is 5.94. The largest absolute Gasteiger partial charge is 0.508 e. The predicted molar refractivity (Wildman–Crippen MR) is 508 cm³/mol. The second-order valence-corrected chi connectivity index (χ2v) is 31.0. The molecule has 0 unspecified atom stereocenters. The van der Waals surface area contributed by atoms with Crippen LogP contribution in [0.1, 0.15) is 22.6 Å². The number of hydrogen-bond donors (Lipinski definition) is 12. The van der Waals surface area contributed by atoms with E-state index in [1.165, 1.54) is 75.2 Å². The molecule has 0 bridgehead atoms. The number of aromatic hydroxyl groups is 2. The highest BCUT2D eigenvalue weighted by atomic mass is 35.5. The molecule has 23 rings (SSSR count). The summed E-state index contributed by atoms with van der Waals surface area (Å²) in [4.78, 5) is 57.5. The number of hydrogen-bond acceptors (Lipinski definition) is 34. The molecule has 6 aromatic carbocycles.